The van der Waals surface area contributed by atoms with E-state index in [4.69, 9.17) is 5.11 Å². The number of pyridine rings is 1. The molecule has 18 heavy (non-hydrogen) atoms. The molecular formula is C12H12BrN3O2. The van der Waals surface area contributed by atoms with Crippen LogP contribution >= 0.6 is 15.9 Å². The Morgan fingerprint density at radius 1 is 1.44 bits per heavy atom. The Morgan fingerprint density at radius 3 is 2.72 bits per heavy atom. The van der Waals surface area contributed by atoms with Crippen LogP contribution in [0.5, 0.6) is 0 Å². The van der Waals surface area contributed by atoms with Gasteiger partial charge >= 0.3 is 5.97 Å². The fourth-order valence-electron chi connectivity index (χ4n) is 1.75. The zero-order valence-corrected chi connectivity index (χ0v) is 11.4. The number of hydrogen-bond donors (Lipinski definition) is 1. The summed E-state index contributed by atoms with van der Waals surface area (Å²) in [6.45, 7) is 0. The van der Waals surface area contributed by atoms with E-state index in [9.17, 15) is 4.79 Å². The van der Waals surface area contributed by atoms with E-state index in [2.05, 4.69) is 25.9 Å². The normalized spacial score (nSPS) is 10.6. The molecule has 0 aliphatic heterocycles. The Morgan fingerprint density at radius 2 is 2.11 bits per heavy atom. The van der Waals surface area contributed by atoms with Crippen LogP contribution in [-0.4, -0.2) is 25.6 Å². The minimum atomic E-state index is -0.812. The topological polar surface area (TPSA) is 68.0 Å². The molecule has 94 valence electrons. The molecule has 0 bridgehead atoms. The molecule has 5 nitrogen and oxygen atoms in total. The van der Waals surface area contributed by atoms with Gasteiger partial charge in [0.1, 0.15) is 10.4 Å². The van der Waals surface area contributed by atoms with Gasteiger partial charge in [-0.25, -0.2) is 4.98 Å². The van der Waals surface area contributed by atoms with Crippen molar-refractivity contribution >= 4 is 21.9 Å². The molecule has 0 aliphatic carbocycles. The number of aliphatic carboxylic acids is 1. The predicted molar refractivity (Wildman–Crippen MR) is 70.1 cm³/mol. The second-order valence-corrected chi connectivity index (χ2v) is 4.61. The maximum absolute atomic E-state index is 10.6. The summed E-state index contributed by atoms with van der Waals surface area (Å²) in [7, 11) is 1.88. The van der Waals surface area contributed by atoms with Gasteiger partial charge in [0, 0.05) is 31.4 Å². The zero-order valence-electron chi connectivity index (χ0n) is 9.80. The summed E-state index contributed by atoms with van der Waals surface area (Å²) >= 11 is 3.37. The highest BCUT2D eigenvalue weighted by Gasteiger charge is 2.14. The molecule has 0 radical (unpaired) electrons. The van der Waals surface area contributed by atoms with Crippen molar-refractivity contribution in [2.75, 3.05) is 0 Å². The first-order valence-corrected chi connectivity index (χ1v) is 6.22. The summed E-state index contributed by atoms with van der Waals surface area (Å²) in [5.74, 6) is -0.0155. The van der Waals surface area contributed by atoms with Crippen molar-refractivity contribution in [1.82, 2.24) is 14.5 Å². The van der Waals surface area contributed by atoms with E-state index in [0.29, 0.717) is 11.0 Å². The van der Waals surface area contributed by atoms with Crippen molar-refractivity contribution in [2.45, 2.75) is 12.8 Å². The molecule has 2 aromatic heterocycles. The summed E-state index contributed by atoms with van der Waals surface area (Å²) < 4.78 is 2.60. The monoisotopic (exact) mass is 309 g/mol. The number of aromatic nitrogens is 3. The van der Waals surface area contributed by atoms with Gasteiger partial charge in [0.15, 0.2) is 0 Å². The van der Waals surface area contributed by atoms with Gasteiger partial charge in [0.2, 0.25) is 0 Å². The van der Waals surface area contributed by atoms with E-state index in [1.54, 1.807) is 12.4 Å². The van der Waals surface area contributed by atoms with E-state index in [-0.39, 0.29) is 6.42 Å². The highest BCUT2D eigenvalue weighted by molar-refractivity contribution is 9.10. The van der Waals surface area contributed by atoms with Gasteiger partial charge in [-0.1, -0.05) is 0 Å². The lowest BCUT2D eigenvalue weighted by atomic mass is 10.2. The molecule has 0 aromatic carbocycles. The second kappa shape index (κ2) is 5.30. The van der Waals surface area contributed by atoms with Gasteiger partial charge in [-0.05, 0) is 28.1 Å². The van der Waals surface area contributed by atoms with E-state index < -0.39 is 5.97 Å². The molecular weight excluding hydrogens is 298 g/mol. The van der Waals surface area contributed by atoms with Gasteiger partial charge < -0.3 is 9.67 Å². The van der Waals surface area contributed by atoms with Gasteiger partial charge in [-0.2, -0.15) is 0 Å². The molecule has 6 heteroatoms. The Bertz CT molecular complexity index is 566. The SMILES string of the molecule is Cn1c(-c2ccncc2)nc(Br)c1CCC(=O)O. The standard InChI is InChI=1S/C12H12BrN3O2/c1-16-9(2-3-10(17)18)11(13)15-12(16)8-4-6-14-7-5-8/h4-7H,2-3H2,1H3,(H,17,18). The van der Waals surface area contributed by atoms with Crippen molar-refractivity contribution in [3.8, 4) is 11.4 Å². The summed E-state index contributed by atoms with van der Waals surface area (Å²) in [4.78, 5) is 19.0. The van der Waals surface area contributed by atoms with Crippen molar-refractivity contribution in [3.05, 3.63) is 34.8 Å². The summed E-state index contributed by atoms with van der Waals surface area (Å²) in [5.41, 5.74) is 1.83. The van der Waals surface area contributed by atoms with E-state index in [0.717, 1.165) is 17.1 Å². The van der Waals surface area contributed by atoms with Crippen LogP contribution in [0.25, 0.3) is 11.4 Å². The maximum atomic E-state index is 10.6. The van der Waals surface area contributed by atoms with Crippen LogP contribution < -0.4 is 0 Å². The molecule has 0 atom stereocenters. The van der Waals surface area contributed by atoms with E-state index in [1.165, 1.54) is 0 Å². The highest BCUT2D eigenvalue weighted by atomic mass is 79.9. The zero-order chi connectivity index (χ0) is 13.1. The minimum absolute atomic E-state index is 0.0912. The van der Waals surface area contributed by atoms with Crippen LogP contribution in [-0.2, 0) is 18.3 Å². The second-order valence-electron chi connectivity index (χ2n) is 3.86. The van der Waals surface area contributed by atoms with Gasteiger partial charge in [0.05, 0.1) is 12.1 Å². The van der Waals surface area contributed by atoms with Crippen molar-refractivity contribution in [2.24, 2.45) is 7.05 Å². The Balaban J connectivity index is 2.35. The fourth-order valence-corrected chi connectivity index (χ4v) is 2.39. The number of carboxylic acids is 1. The highest BCUT2D eigenvalue weighted by Crippen LogP contribution is 2.25. The largest absolute Gasteiger partial charge is 0.481 e. The number of imidazole rings is 1. The van der Waals surface area contributed by atoms with Crippen molar-refractivity contribution < 1.29 is 9.90 Å². The third-order valence-electron chi connectivity index (χ3n) is 2.68. The Kier molecular flexibility index (Phi) is 3.76. The molecule has 2 aromatic rings. The third kappa shape index (κ3) is 2.59. The quantitative estimate of drug-likeness (QED) is 0.940. The minimum Gasteiger partial charge on any atom is -0.481 e. The lowest BCUT2D eigenvalue weighted by Gasteiger charge is -2.04. The Hall–Kier alpha value is -1.69. The summed E-state index contributed by atoms with van der Waals surface area (Å²) in [6, 6.07) is 3.74. The molecule has 0 fully saturated rings. The van der Waals surface area contributed by atoms with E-state index in [1.807, 2.05) is 23.7 Å². The lowest BCUT2D eigenvalue weighted by molar-refractivity contribution is -0.136. The molecule has 0 unspecified atom stereocenters. The predicted octanol–water partition coefficient (Wildman–Crippen LogP) is 2.26. The summed E-state index contributed by atoms with van der Waals surface area (Å²) in [5, 5.41) is 8.73. The van der Waals surface area contributed by atoms with Crippen molar-refractivity contribution in [1.29, 1.82) is 0 Å². The van der Waals surface area contributed by atoms with Gasteiger partial charge in [0.25, 0.3) is 0 Å². The maximum Gasteiger partial charge on any atom is 0.303 e. The number of nitrogens with zero attached hydrogens (tertiary/aromatic N) is 3. The molecule has 2 rings (SSSR count). The Labute approximate surface area is 113 Å². The van der Waals surface area contributed by atoms with Crippen LogP contribution in [0, 0.1) is 0 Å². The fraction of sp³-hybridized carbons (Fsp3) is 0.250. The number of rotatable bonds is 4. The number of halogens is 1. The first-order chi connectivity index (χ1) is 8.59. The summed E-state index contributed by atoms with van der Waals surface area (Å²) in [6.07, 6.45) is 3.95. The molecule has 1 N–H and O–H groups in total. The van der Waals surface area contributed by atoms with E-state index >= 15 is 0 Å². The third-order valence-corrected chi connectivity index (χ3v) is 3.31. The van der Waals surface area contributed by atoms with Crippen LogP contribution in [0.3, 0.4) is 0 Å². The van der Waals surface area contributed by atoms with Crippen molar-refractivity contribution in [3.63, 3.8) is 0 Å². The first kappa shape index (κ1) is 12.8. The number of carbonyl (C=O) groups is 1. The van der Waals surface area contributed by atoms with Crippen LogP contribution in [0.15, 0.2) is 29.1 Å². The average Bonchev–Trinajstić information content (AvgIpc) is 2.63. The average molecular weight is 310 g/mol. The smallest absolute Gasteiger partial charge is 0.303 e. The molecule has 0 saturated carbocycles. The molecule has 0 amide bonds. The first-order valence-electron chi connectivity index (χ1n) is 5.43. The van der Waals surface area contributed by atoms with Crippen LogP contribution in [0.2, 0.25) is 0 Å². The van der Waals surface area contributed by atoms with Crippen LogP contribution in [0.4, 0.5) is 0 Å². The number of hydrogen-bond acceptors (Lipinski definition) is 3. The lowest BCUT2D eigenvalue weighted by Crippen LogP contribution is -2.03. The van der Waals surface area contributed by atoms with Crippen LogP contribution in [0.1, 0.15) is 12.1 Å². The molecule has 0 saturated heterocycles. The number of carboxylic acid groups (broad SMARTS) is 1. The molecule has 0 aliphatic rings. The molecule has 0 spiro atoms. The van der Waals surface area contributed by atoms with Gasteiger partial charge in [-0.15, -0.1) is 0 Å². The van der Waals surface area contributed by atoms with Gasteiger partial charge in [-0.3, -0.25) is 9.78 Å². The molecule has 2 heterocycles.